The predicted octanol–water partition coefficient (Wildman–Crippen LogP) is 5.02. The summed E-state index contributed by atoms with van der Waals surface area (Å²) in [5.74, 6) is -0.976. The van der Waals surface area contributed by atoms with E-state index in [4.69, 9.17) is 26.2 Å². The van der Waals surface area contributed by atoms with Gasteiger partial charge in [0, 0.05) is 27.9 Å². The lowest BCUT2D eigenvalue weighted by molar-refractivity contribution is -0.141. The molecule has 0 aliphatic heterocycles. The number of thiophene rings is 1. The summed E-state index contributed by atoms with van der Waals surface area (Å²) >= 11 is 11.1. The van der Waals surface area contributed by atoms with E-state index in [1.165, 1.54) is 25.4 Å². The maximum Gasteiger partial charge on any atom is 0.306 e. The lowest BCUT2D eigenvalue weighted by Gasteiger charge is -2.12. The van der Waals surface area contributed by atoms with Crippen LogP contribution < -0.4 is 9.47 Å². The smallest absolute Gasteiger partial charge is 0.306 e. The molecule has 5 nitrogen and oxygen atoms in total. The van der Waals surface area contributed by atoms with Crippen molar-refractivity contribution in [1.29, 1.82) is 0 Å². The van der Waals surface area contributed by atoms with Crippen LogP contribution in [-0.4, -0.2) is 35.9 Å². The quantitative estimate of drug-likeness (QED) is 0.330. The maximum atomic E-state index is 12.3. The average molecular weight is 450 g/mol. The van der Waals surface area contributed by atoms with E-state index >= 15 is 0 Å². The van der Waals surface area contributed by atoms with Gasteiger partial charge in [-0.2, -0.15) is 0 Å². The normalized spacial score (nSPS) is 12.2. The van der Waals surface area contributed by atoms with Crippen LogP contribution in [0.25, 0.3) is 10.1 Å². The largest absolute Gasteiger partial charge is 0.493 e. The predicted molar refractivity (Wildman–Crippen MR) is 103 cm³/mol. The standard InChI is InChI=1S/C17H18BrClO5S/c1-9(17(21)22)6-11(20)14-7-10-13(25-14)8-12(23-2)16(15(10)19)24-5-3-4-18/h7-9H,3-6H2,1-2H3,(H,21,22). The number of aliphatic carboxylic acids is 1. The maximum absolute atomic E-state index is 12.3. The molecule has 0 amide bonds. The first-order chi connectivity index (χ1) is 11.9. The molecular formula is C17H18BrClO5S. The van der Waals surface area contributed by atoms with Gasteiger partial charge in [0.05, 0.1) is 29.5 Å². The van der Waals surface area contributed by atoms with E-state index in [9.17, 15) is 9.59 Å². The van der Waals surface area contributed by atoms with E-state index in [1.54, 1.807) is 12.1 Å². The number of benzene rings is 1. The van der Waals surface area contributed by atoms with Crippen molar-refractivity contribution in [3.8, 4) is 11.5 Å². The Balaban J connectivity index is 2.37. The summed E-state index contributed by atoms with van der Waals surface area (Å²) in [5, 5.41) is 10.9. The van der Waals surface area contributed by atoms with E-state index in [2.05, 4.69) is 15.9 Å². The van der Waals surface area contributed by atoms with Crippen LogP contribution in [0.4, 0.5) is 0 Å². The molecule has 0 spiro atoms. The van der Waals surface area contributed by atoms with Gasteiger partial charge in [0.15, 0.2) is 17.3 Å². The molecule has 0 radical (unpaired) electrons. The van der Waals surface area contributed by atoms with Crippen LogP contribution in [0.15, 0.2) is 12.1 Å². The number of halogens is 2. The third-order valence-electron chi connectivity index (χ3n) is 3.61. The molecule has 2 aromatic rings. The van der Waals surface area contributed by atoms with Gasteiger partial charge in [-0.3, -0.25) is 9.59 Å². The zero-order valence-electron chi connectivity index (χ0n) is 13.8. The number of Topliss-reactive ketones (excluding diaryl/α,β-unsaturated/α-hetero) is 1. The number of carbonyl (C=O) groups is 2. The molecule has 1 atom stereocenters. The molecule has 0 aliphatic carbocycles. The lowest BCUT2D eigenvalue weighted by Crippen LogP contribution is -2.13. The monoisotopic (exact) mass is 448 g/mol. The second-order valence-corrected chi connectivity index (χ2v) is 7.76. The summed E-state index contributed by atoms with van der Waals surface area (Å²) < 4.78 is 11.9. The van der Waals surface area contributed by atoms with Crippen LogP contribution in [0.2, 0.25) is 5.02 Å². The topological polar surface area (TPSA) is 72.8 Å². The molecule has 0 fully saturated rings. The number of alkyl halides is 1. The van der Waals surface area contributed by atoms with Crippen LogP contribution in [-0.2, 0) is 4.79 Å². The molecule has 1 N–H and O–H groups in total. The minimum Gasteiger partial charge on any atom is -0.493 e. The first-order valence-electron chi connectivity index (χ1n) is 7.63. The Hall–Kier alpha value is -1.31. The number of carboxylic acid groups (broad SMARTS) is 1. The van der Waals surface area contributed by atoms with E-state index in [-0.39, 0.29) is 12.2 Å². The number of carbonyl (C=O) groups excluding carboxylic acids is 1. The van der Waals surface area contributed by atoms with Gasteiger partial charge in [0.2, 0.25) is 0 Å². The number of methoxy groups -OCH3 is 1. The van der Waals surface area contributed by atoms with Crippen LogP contribution in [0.5, 0.6) is 11.5 Å². The van der Waals surface area contributed by atoms with Gasteiger partial charge in [-0.15, -0.1) is 11.3 Å². The molecule has 25 heavy (non-hydrogen) atoms. The Kier molecular flexibility index (Phi) is 7.10. The number of fused-ring (bicyclic) bond motifs is 1. The van der Waals surface area contributed by atoms with Crippen molar-refractivity contribution in [3.63, 3.8) is 0 Å². The molecule has 0 bridgehead atoms. The Morgan fingerprint density at radius 2 is 2.12 bits per heavy atom. The van der Waals surface area contributed by atoms with Crippen molar-refractivity contribution in [2.75, 3.05) is 19.0 Å². The molecule has 1 aromatic carbocycles. The summed E-state index contributed by atoms with van der Waals surface area (Å²) in [7, 11) is 1.53. The van der Waals surface area contributed by atoms with Crippen LogP contribution in [0.3, 0.4) is 0 Å². The highest BCUT2D eigenvalue weighted by Crippen LogP contribution is 2.44. The zero-order chi connectivity index (χ0) is 18.6. The molecule has 0 aliphatic rings. The van der Waals surface area contributed by atoms with Crippen molar-refractivity contribution < 1.29 is 24.2 Å². The number of carboxylic acids is 1. The second-order valence-electron chi connectivity index (χ2n) is 5.50. The Morgan fingerprint density at radius 1 is 1.40 bits per heavy atom. The van der Waals surface area contributed by atoms with Crippen LogP contribution in [0, 0.1) is 5.92 Å². The summed E-state index contributed by atoms with van der Waals surface area (Å²) in [4.78, 5) is 23.7. The number of rotatable bonds is 9. The third kappa shape index (κ3) is 4.65. The minimum absolute atomic E-state index is 0.0501. The highest BCUT2D eigenvalue weighted by atomic mass is 79.9. The number of hydrogen-bond acceptors (Lipinski definition) is 5. The SMILES string of the molecule is COc1cc2sc(C(=O)CC(C)C(=O)O)cc2c(Cl)c1OCCCBr. The first kappa shape index (κ1) is 20.0. The highest BCUT2D eigenvalue weighted by Gasteiger charge is 2.21. The van der Waals surface area contributed by atoms with Gasteiger partial charge < -0.3 is 14.6 Å². The van der Waals surface area contributed by atoms with E-state index < -0.39 is 11.9 Å². The number of ether oxygens (including phenoxy) is 2. The Bertz CT molecular complexity index is 789. The fraction of sp³-hybridized carbons (Fsp3) is 0.412. The number of ketones is 1. The van der Waals surface area contributed by atoms with Gasteiger partial charge in [-0.05, 0) is 12.5 Å². The molecular weight excluding hydrogens is 432 g/mol. The molecule has 2 rings (SSSR count). The van der Waals surface area contributed by atoms with Gasteiger partial charge in [-0.25, -0.2) is 0 Å². The molecule has 0 saturated carbocycles. The molecule has 1 unspecified atom stereocenters. The van der Waals surface area contributed by atoms with Crippen molar-refractivity contribution in [1.82, 2.24) is 0 Å². The van der Waals surface area contributed by atoms with E-state index in [1.807, 2.05) is 0 Å². The van der Waals surface area contributed by atoms with Gasteiger partial charge in [0.25, 0.3) is 0 Å². The lowest BCUT2D eigenvalue weighted by atomic mass is 10.0. The van der Waals surface area contributed by atoms with E-state index in [0.29, 0.717) is 33.4 Å². The number of hydrogen-bond donors (Lipinski definition) is 1. The van der Waals surface area contributed by atoms with Crippen LogP contribution in [0.1, 0.15) is 29.4 Å². The van der Waals surface area contributed by atoms with Gasteiger partial charge in [0.1, 0.15) is 0 Å². The third-order valence-corrected chi connectivity index (χ3v) is 5.67. The van der Waals surface area contributed by atoms with Crippen molar-refractivity contribution in [3.05, 3.63) is 22.0 Å². The van der Waals surface area contributed by atoms with Crippen molar-refractivity contribution >= 4 is 60.7 Å². The fourth-order valence-corrected chi connectivity index (χ4v) is 3.85. The molecule has 8 heteroatoms. The second kappa shape index (κ2) is 8.87. The summed E-state index contributed by atoms with van der Waals surface area (Å²) in [6, 6.07) is 3.47. The fourth-order valence-electron chi connectivity index (χ4n) is 2.22. The molecule has 136 valence electrons. The van der Waals surface area contributed by atoms with Gasteiger partial charge >= 0.3 is 5.97 Å². The van der Waals surface area contributed by atoms with E-state index in [0.717, 1.165) is 16.5 Å². The van der Waals surface area contributed by atoms with Crippen molar-refractivity contribution in [2.45, 2.75) is 19.8 Å². The zero-order valence-corrected chi connectivity index (χ0v) is 17.0. The molecule has 1 aromatic heterocycles. The molecule has 0 saturated heterocycles. The Labute approximate surface area is 163 Å². The van der Waals surface area contributed by atoms with Crippen molar-refractivity contribution in [2.24, 2.45) is 5.92 Å². The first-order valence-corrected chi connectivity index (χ1v) is 9.95. The molecule has 1 heterocycles. The Morgan fingerprint density at radius 3 is 2.72 bits per heavy atom. The highest BCUT2D eigenvalue weighted by molar-refractivity contribution is 9.09. The summed E-state index contributed by atoms with van der Waals surface area (Å²) in [6.07, 6.45) is 0.767. The average Bonchev–Trinajstić information content (AvgIpc) is 3.01. The summed E-state index contributed by atoms with van der Waals surface area (Å²) in [6.45, 7) is 2.00. The minimum atomic E-state index is -0.989. The summed E-state index contributed by atoms with van der Waals surface area (Å²) in [5.41, 5.74) is 0. The van der Waals surface area contributed by atoms with Crippen LogP contribution >= 0.6 is 38.9 Å². The van der Waals surface area contributed by atoms with Gasteiger partial charge in [-0.1, -0.05) is 34.5 Å².